The summed E-state index contributed by atoms with van der Waals surface area (Å²) >= 11 is 0. The summed E-state index contributed by atoms with van der Waals surface area (Å²) in [6.45, 7) is 6.36. The van der Waals surface area contributed by atoms with Gasteiger partial charge in [0.15, 0.2) is 18.4 Å². The molecule has 1 aliphatic heterocycles. The summed E-state index contributed by atoms with van der Waals surface area (Å²) in [7, 11) is 0. The van der Waals surface area contributed by atoms with Gasteiger partial charge >= 0.3 is 5.97 Å². The van der Waals surface area contributed by atoms with Gasteiger partial charge in [-0.1, -0.05) is 5.21 Å². The molecule has 0 saturated carbocycles. The number of ether oxygens (including phenoxy) is 1. The van der Waals surface area contributed by atoms with Gasteiger partial charge in [-0.3, -0.25) is 9.59 Å². The fourth-order valence-electron chi connectivity index (χ4n) is 4.42. The summed E-state index contributed by atoms with van der Waals surface area (Å²) in [5.74, 6) is -1.66. The third-order valence-corrected chi connectivity index (χ3v) is 6.71. The van der Waals surface area contributed by atoms with Crippen molar-refractivity contribution in [1.29, 1.82) is 0 Å². The Bertz CT molecular complexity index is 1380. The van der Waals surface area contributed by atoms with Gasteiger partial charge in [-0.05, 0) is 62.9 Å². The Balaban J connectivity index is 1.07. The molecule has 1 aromatic carbocycles. The van der Waals surface area contributed by atoms with E-state index in [1.165, 1.54) is 22.9 Å². The van der Waals surface area contributed by atoms with Gasteiger partial charge in [0, 0.05) is 49.1 Å². The third-order valence-electron chi connectivity index (χ3n) is 6.71. The van der Waals surface area contributed by atoms with E-state index < -0.39 is 17.0 Å². The number of anilines is 1. The molecule has 5 rings (SSSR count). The first-order chi connectivity index (χ1) is 18.5. The Morgan fingerprint density at radius 3 is 2.36 bits per heavy atom. The van der Waals surface area contributed by atoms with Crippen LogP contribution in [0.4, 0.5) is 14.7 Å². The van der Waals surface area contributed by atoms with Gasteiger partial charge in [0.25, 0.3) is 0 Å². The van der Waals surface area contributed by atoms with Crippen molar-refractivity contribution >= 4 is 23.9 Å². The van der Waals surface area contributed by atoms with E-state index >= 15 is 0 Å². The van der Waals surface area contributed by atoms with E-state index in [0.29, 0.717) is 37.4 Å². The van der Waals surface area contributed by atoms with Crippen molar-refractivity contribution in [2.24, 2.45) is 5.41 Å². The Morgan fingerprint density at radius 2 is 1.74 bits per heavy atom. The lowest BCUT2D eigenvalue weighted by Gasteiger charge is -2.37. The molecule has 0 radical (unpaired) electrons. The van der Waals surface area contributed by atoms with Crippen molar-refractivity contribution in [3.05, 3.63) is 70.8 Å². The van der Waals surface area contributed by atoms with Crippen molar-refractivity contribution < 1.29 is 23.1 Å². The van der Waals surface area contributed by atoms with Crippen molar-refractivity contribution in [3.63, 3.8) is 0 Å². The molecule has 12 heteroatoms. The van der Waals surface area contributed by atoms with Gasteiger partial charge in [0.2, 0.25) is 11.9 Å². The van der Waals surface area contributed by atoms with Crippen molar-refractivity contribution in [1.82, 2.24) is 29.9 Å². The first-order valence-corrected chi connectivity index (χ1v) is 12.6. The number of aromatic nitrogens is 5. The van der Waals surface area contributed by atoms with Crippen LogP contribution in [-0.2, 0) is 33.9 Å². The number of hydrogen-bond donors (Lipinski definition) is 1. The lowest BCUT2D eigenvalue weighted by Crippen LogP contribution is -2.47. The molecule has 1 amide bonds. The molecule has 0 unspecified atom stereocenters. The number of fused-ring (bicyclic) bond motifs is 1. The maximum atomic E-state index is 13.5. The molecule has 0 atom stereocenters. The van der Waals surface area contributed by atoms with Gasteiger partial charge in [0.1, 0.15) is 0 Å². The fraction of sp³-hybridized carbons (Fsp3) is 0.407. The van der Waals surface area contributed by atoms with E-state index in [1.54, 1.807) is 50.3 Å². The molecular weight excluding hydrogens is 508 g/mol. The number of esters is 1. The van der Waals surface area contributed by atoms with E-state index in [4.69, 9.17) is 4.74 Å². The highest BCUT2D eigenvalue weighted by molar-refractivity contribution is 5.92. The fourth-order valence-corrected chi connectivity index (χ4v) is 4.42. The number of amides is 1. The minimum Gasteiger partial charge on any atom is -0.442 e. The Morgan fingerprint density at radius 1 is 1.10 bits per heavy atom. The summed E-state index contributed by atoms with van der Waals surface area (Å²) in [4.78, 5) is 34.7. The second kappa shape index (κ2) is 10.5. The van der Waals surface area contributed by atoms with Crippen LogP contribution in [-0.4, -0.2) is 60.9 Å². The lowest BCUT2D eigenvalue weighted by molar-refractivity contribution is -0.157. The zero-order valence-electron chi connectivity index (χ0n) is 21.9. The van der Waals surface area contributed by atoms with Crippen molar-refractivity contribution in [2.45, 2.75) is 52.3 Å². The summed E-state index contributed by atoms with van der Waals surface area (Å²) in [6, 6.07) is 2.44. The smallest absolute Gasteiger partial charge is 0.313 e. The van der Waals surface area contributed by atoms with Crippen LogP contribution >= 0.6 is 0 Å². The average molecular weight is 538 g/mol. The highest BCUT2D eigenvalue weighted by Crippen LogP contribution is 2.27. The molecule has 204 valence electrons. The highest BCUT2D eigenvalue weighted by atomic mass is 19.2. The van der Waals surface area contributed by atoms with Gasteiger partial charge in [-0.15, -0.1) is 5.10 Å². The number of halogens is 2. The van der Waals surface area contributed by atoms with Gasteiger partial charge in [0.05, 0.1) is 17.3 Å². The second-order valence-corrected chi connectivity index (χ2v) is 10.9. The van der Waals surface area contributed by atoms with Crippen LogP contribution in [0.2, 0.25) is 0 Å². The largest absolute Gasteiger partial charge is 0.442 e. The number of carbonyl (C=O) groups excluding carboxylic acids is 2. The molecule has 1 aliphatic carbocycles. The van der Waals surface area contributed by atoms with Crippen LogP contribution in [0.25, 0.3) is 6.08 Å². The van der Waals surface area contributed by atoms with Crippen LogP contribution in [0.5, 0.6) is 0 Å². The van der Waals surface area contributed by atoms with Gasteiger partial charge in [-0.25, -0.2) is 23.4 Å². The van der Waals surface area contributed by atoms with Crippen LogP contribution < -0.4 is 5.32 Å². The monoisotopic (exact) mass is 537 g/mol. The van der Waals surface area contributed by atoms with Crippen molar-refractivity contribution in [3.8, 4) is 0 Å². The molecule has 3 aromatic rings. The summed E-state index contributed by atoms with van der Waals surface area (Å²) in [5.41, 5.74) is 2.38. The molecule has 1 fully saturated rings. The maximum Gasteiger partial charge on any atom is 0.313 e. The molecule has 39 heavy (non-hydrogen) atoms. The molecule has 1 saturated heterocycles. The van der Waals surface area contributed by atoms with Crippen LogP contribution in [0.3, 0.4) is 0 Å². The van der Waals surface area contributed by atoms with E-state index in [-0.39, 0.29) is 30.6 Å². The molecule has 2 aromatic heterocycles. The van der Waals surface area contributed by atoms with E-state index in [9.17, 15) is 18.4 Å². The van der Waals surface area contributed by atoms with Crippen molar-refractivity contribution in [2.75, 3.05) is 18.4 Å². The maximum absolute atomic E-state index is 13.5. The number of rotatable bonds is 7. The van der Waals surface area contributed by atoms with Crippen LogP contribution in [0, 0.1) is 17.0 Å². The quantitative estimate of drug-likeness (QED) is 0.361. The number of nitrogens with zero attached hydrogens (tertiary/aromatic N) is 6. The summed E-state index contributed by atoms with van der Waals surface area (Å²) in [6.07, 6.45) is 9.17. The molecule has 0 bridgehead atoms. The minimum atomic E-state index is -0.839. The van der Waals surface area contributed by atoms with E-state index in [2.05, 4.69) is 25.6 Å². The zero-order chi connectivity index (χ0) is 27.7. The minimum absolute atomic E-state index is 0.00808. The standard InChI is InChI=1S/C27H29F2N7O3/c1-27(2,3)25(38)39-15-36-14-23(33-34-36)19-12-35(13-19)24(37)5-4-16-10-30-26(31-11-16)32-20-6-17-8-21(28)22(29)9-18(17)7-20/h4-5,8-11,14,19-20H,6-7,12-13,15H2,1-3H3,(H,30,31,32)/b5-4+. The zero-order valence-corrected chi connectivity index (χ0v) is 21.9. The first kappa shape index (κ1) is 26.4. The Hall–Kier alpha value is -4.22. The van der Waals surface area contributed by atoms with E-state index in [1.807, 2.05) is 0 Å². The average Bonchev–Trinajstić information content (AvgIpc) is 3.47. The van der Waals surface area contributed by atoms with Crippen LogP contribution in [0.15, 0.2) is 36.8 Å². The SMILES string of the molecule is CC(C)(C)C(=O)OCn1cc(C2CN(C(=O)/C=C/c3cnc(NC4Cc5cc(F)c(F)cc5C4)nc3)C2)nn1. The normalized spacial score (nSPS) is 15.9. The van der Waals surface area contributed by atoms with Crippen LogP contribution in [0.1, 0.15) is 49.1 Å². The number of nitrogens with one attached hydrogen (secondary N) is 1. The predicted molar refractivity (Wildman–Crippen MR) is 137 cm³/mol. The molecular formula is C27H29F2N7O3. The Labute approximate surface area is 224 Å². The number of hydrogen-bond acceptors (Lipinski definition) is 8. The Kier molecular flexibility index (Phi) is 7.11. The third kappa shape index (κ3) is 6.10. The molecule has 2 aliphatic rings. The summed E-state index contributed by atoms with van der Waals surface area (Å²) in [5, 5.41) is 11.3. The number of benzene rings is 1. The second-order valence-electron chi connectivity index (χ2n) is 10.9. The number of likely N-dealkylation sites (tertiary alicyclic amines) is 1. The lowest BCUT2D eigenvalue weighted by atomic mass is 9.97. The molecule has 1 N–H and O–H groups in total. The molecule has 0 spiro atoms. The highest BCUT2D eigenvalue weighted by Gasteiger charge is 2.33. The van der Waals surface area contributed by atoms with Gasteiger partial charge in [-0.2, -0.15) is 0 Å². The van der Waals surface area contributed by atoms with E-state index in [0.717, 1.165) is 16.8 Å². The molecule has 10 nitrogen and oxygen atoms in total. The number of carbonyl (C=O) groups is 2. The topological polar surface area (TPSA) is 115 Å². The molecule has 3 heterocycles. The first-order valence-electron chi connectivity index (χ1n) is 12.6. The predicted octanol–water partition coefficient (Wildman–Crippen LogP) is 3.11. The summed E-state index contributed by atoms with van der Waals surface area (Å²) < 4.78 is 33.7. The van der Waals surface area contributed by atoms with Gasteiger partial charge < -0.3 is 15.0 Å².